The molecule has 0 N–H and O–H groups in total. The molecule has 0 heterocycles. The third-order valence-electron chi connectivity index (χ3n) is 4.73. The van der Waals surface area contributed by atoms with Gasteiger partial charge in [0.15, 0.2) is 0 Å². The van der Waals surface area contributed by atoms with Crippen LogP contribution in [0.15, 0.2) is 67.2 Å². The van der Waals surface area contributed by atoms with Crippen LogP contribution in [0.4, 0.5) is 0 Å². The Hall–Kier alpha value is -2.60. The standard InChI is InChI=1S/C21H14/c1-13-11-15-6-4-7-16-12-19-17-8-3-2-5-14(17)9-10-18(19)20(13)21(15)16/h2-10,12H,1,11H2. The molecule has 1 aliphatic carbocycles. The molecule has 21 heavy (non-hydrogen) atoms. The lowest BCUT2D eigenvalue weighted by Gasteiger charge is -2.10. The fourth-order valence-electron chi connectivity index (χ4n) is 3.84. The topological polar surface area (TPSA) is 0 Å². The quantitative estimate of drug-likeness (QED) is 0.282. The summed E-state index contributed by atoms with van der Waals surface area (Å²) in [6.45, 7) is 4.32. The Kier molecular flexibility index (Phi) is 1.97. The van der Waals surface area contributed by atoms with Gasteiger partial charge in [0.1, 0.15) is 0 Å². The Balaban J connectivity index is 2.13. The summed E-state index contributed by atoms with van der Waals surface area (Å²) >= 11 is 0. The van der Waals surface area contributed by atoms with Gasteiger partial charge in [-0.05, 0) is 61.5 Å². The van der Waals surface area contributed by atoms with Crippen molar-refractivity contribution in [2.24, 2.45) is 0 Å². The highest BCUT2D eigenvalue weighted by Gasteiger charge is 2.20. The lowest BCUT2D eigenvalue weighted by Crippen LogP contribution is -1.85. The second kappa shape index (κ2) is 3.73. The van der Waals surface area contributed by atoms with Gasteiger partial charge in [0.05, 0.1) is 0 Å². The SMILES string of the molecule is C=C1Cc2cccc3cc4c(ccc5ccccc54)c1c23. The van der Waals surface area contributed by atoms with E-state index < -0.39 is 0 Å². The molecule has 4 aromatic rings. The molecule has 0 atom stereocenters. The van der Waals surface area contributed by atoms with Crippen molar-refractivity contribution in [3.05, 3.63) is 78.4 Å². The predicted molar refractivity (Wildman–Crippen MR) is 91.7 cm³/mol. The van der Waals surface area contributed by atoms with Crippen molar-refractivity contribution in [1.82, 2.24) is 0 Å². The second-order valence-corrected chi connectivity index (χ2v) is 5.93. The molecule has 0 saturated heterocycles. The van der Waals surface area contributed by atoms with Crippen LogP contribution in [0, 0.1) is 0 Å². The summed E-state index contributed by atoms with van der Waals surface area (Å²) < 4.78 is 0. The Morgan fingerprint density at radius 1 is 0.714 bits per heavy atom. The van der Waals surface area contributed by atoms with E-state index in [9.17, 15) is 0 Å². The molecule has 0 fully saturated rings. The maximum Gasteiger partial charge on any atom is -0.00189 e. The zero-order chi connectivity index (χ0) is 14.0. The first kappa shape index (κ1) is 11.1. The Labute approximate surface area is 123 Å². The smallest absolute Gasteiger partial charge is 0.00189 e. The molecule has 5 rings (SSSR count). The van der Waals surface area contributed by atoms with E-state index in [4.69, 9.17) is 0 Å². The molecule has 0 saturated carbocycles. The molecule has 0 amide bonds. The van der Waals surface area contributed by atoms with E-state index in [-0.39, 0.29) is 0 Å². The summed E-state index contributed by atoms with van der Waals surface area (Å²) in [4.78, 5) is 0. The van der Waals surface area contributed by atoms with Crippen LogP contribution < -0.4 is 0 Å². The van der Waals surface area contributed by atoms with Gasteiger partial charge in [-0.2, -0.15) is 0 Å². The van der Waals surface area contributed by atoms with Crippen molar-refractivity contribution in [3.63, 3.8) is 0 Å². The minimum Gasteiger partial charge on any atom is -0.0949 e. The minimum atomic E-state index is 0.985. The first-order valence-corrected chi connectivity index (χ1v) is 7.37. The Morgan fingerprint density at radius 3 is 2.52 bits per heavy atom. The zero-order valence-corrected chi connectivity index (χ0v) is 11.7. The molecular formula is C21H14. The van der Waals surface area contributed by atoms with Crippen LogP contribution in [0.25, 0.3) is 37.9 Å². The number of benzene rings is 4. The summed E-state index contributed by atoms with van der Waals surface area (Å²) in [5, 5.41) is 8.07. The lowest BCUT2D eigenvalue weighted by molar-refractivity contribution is 1.38. The van der Waals surface area contributed by atoms with Gasteiger partial charge >= 0.3 is 0 Å². The Bertz CT molecular complexity index is 1070. The number of hydrogen-bond donors (Lipinski definition) is 0. The number of fused-ring (bicyclic) bond motifs is 4. The maximum absolute atomic E-state index is 4.32. The summed E-state index contributed by atoms with van der Waals surface area (Å²) in [6.07, 6.45) is 0.985. The van der Waals surface area contributed by atoms with Crippen LogP contribution >= 0.6 is 0 Å². The average molecular weight is 266 g/mol. The maximum atomic E-state index is 4.32. The molecule has 0 heteroatoms. The fourth-order valence-corrected chi connectivity index (χ4v) is 3.84. The van der Waals surface area contributed by atoms with Gasteiger partial charge in [-0.1, -0.05) is 61.2 Å². The van der Waals surface area contributed by atoms with Gasteiger partial charge in [-0.25, -0.2) is 0 Å². The normalized spacial score (nSPS) is 13.6. The van der Waals surface area contributed by atoms with E-state index >= 15 is 0 Å². The van der Waals surface area contributed by atoms with Crippen LogP contribution in [0.2, 0.25) is 0 Å². The van der Waals surface area contributed by atoms with Gasteiger partial charge in [0.2, 0.25) is 0 Å². The molecule has 0 aliphatic heterocycles. The third kappa shape index (κ3) is 1.34. The van der Waals surface area contributed by atoms with E-state index in [1.54, 1.807) is 0 Å². The van der Waals surface area contributed by atoms with Gasteiger partial charge < -0.3 is 0 Å². The van der Waals surface area contributed by atoms with Crippen molar-refractivity contribution in [2.45, 2.75) is 6.42 Å². The summed E-state index contributed by atoms with van der Waals surface area (Å²) in [5.41, 5.74) is 4.04. The highest BCUT2D eigenvalue weighted by molar-refractivity contribution is 6.19. The van der Waals surface area contributed by atoms with Crippen molar-refractivity contribution in [1.29, 1.82) is 0 Å². The van der Waals surface area contributed by atoms with E-state index in [1.165, 1.54) is 49.0 Å². The molecule has 0 radical (unpaired) electrons. The number of allylic oxidation sites excluding steroid dienone is 1. The molecular weight excluding hydrogens is 252 g/mol. The van der Waals surface area contributed by atoms with E-state index in [0.717, 1.165) is 6.42 Å². The van der Waals surface area contributed by atoms with E-state index in [2.05, 4.69) is 67.2 Å². The highest BCUT2D eigenvalue weighted by atomic mass is 14.2. The zero-order valence-electron chi connectivity index (χ0n) is 11.7. The summed E-state index contributed by atoms with van der Waals surface area (Å²) in [6, 6.07) is 22.1. The fraction of sp³-hybridized carbons (Fsp3) is 0.0476. The van der Waals surface area contributed by atoms with Crippen LogP contribution in [0.1, 0.15) is 11.1 Å². The highest BCUT2D eigenvalue weighted by Crippen LogP contribution is 2.43. The molecule has 0 spiro atoms. The van der Waals surface area contributed by atoms with E-state index in [0.29, 0.717) is 0 Å². The van der Waals surface area contributed by atoms with Gasteiger partial charge in [-0.15, -0.1) is 0 Å². The van der Waals surface area contributed by atoms with Crippen molar-refractivity contribution < 1.29 is 0 Å². The second-order valence-electron chi connectivity index (χ2n) is 5.93. The molecule has 1 aliphatic rings. The Morgan fingerprint density at radius 2 is 1.57 bits per heavy atom. The summed E-state index contributed by atoms with van der Waals surface area (Å²) in [7, 11) is 0. The largest absolute Gasteiger partial charge is 0.0949 e. The van der Waals surface area contributed by atoms with E-state index in [1.807, 2.05) is 0 Å². The average Bonchev–Trinajstić information content (AvgIpc) is 2.86. The monoisotopic (exact) mass is 266 g/mol. The van der Waals surface area contributed by atoms with Crippen LogP contribution in [-0.2, 0) is 6.42 Å². The van der Waals surface area contributed by atoms with Crippen molar-refractivity contribution in [2.75, 3.05) is 0 Å². The minimum absolute atomic E-state index is 0.985. The van der Waals surface area contributed by atoms with Crippen LogP contribution in [-0.4, -0.2) is 0 Å². The van der Waals surface area contributed by atoms with Gasteiger partial charge in [0.25, 0.3) is 0 Å². The third-order valence-corrected chi connectivity index (χ3v) is 4.73. The molecule has 0 aromatic heterocycles. The van der Waals surface area contributed by atoms with Crippen molar-refractivity contribution >= 4 is 37.9 Å². The first-order valence-electron chi connectivity index (χ1n) is 7.37. The van der Waals surface area contributed by atoms with Crippen LogP contribution in [0.3, 0.4) is 0 Å². The first-order chi connectivity index (χ1) is 10.3. The number of hydrogen-bond acceptors (Lipinski definition) is 0. The number of rotatable bonds is 0. The molecule has 0 bridgehead atoms. The molecule has 98 valence electrons. The summed E-state index contributed by atoms with van der Waals surface area (Å²) in [5.74, 6) is 0. The molecule has 0 unspecified atom stereocenters. The van der Waals surface area contributed by atoms with Gasteiger partial charge in [0, 0.05) is 0 Å². The molecule has 0 nitrogen and oxygen atoms in total. The molecule has 4 aromatic carbocycles. The lowest BCUT2D eigenvalue weighted by atomic mass is 9.93. The predicted octanol–water partition coefficient (Wildman–Crippen LogP) is 5.72. The van der Waals surface area contributed by atoms with Crippen molar-refractivity contribution in [3.8, 4) is 0 Å². The van der Waals surface area contributed by atoms with Crippen LogP contribution in [0.5, 0.6) is 0 Å². The van der Waals surface area contributed by atoms with Gasteiger partial charge in [-0.3, -0.25) is 0 Å².